The molecule has 1 heterocycles. The van der Waals surface area contributed by atoms with E-state index in [0.29, 0.717) is 32.9 Å². The second-order valence-electron chi connectivity index (χ2n) is 4.40. The standard InChI is InChI=1S/C15H10Cl2O4/c16-10-2-1-9(12(17)6-10)5-15(18)21-11-3-4-13-14(7-11)20-8-19-13/h1-4,6-7H,5,8H2. The molecule has 0 atom stereocenters. The molecule has 4 nitrogen and oxygen atoms in total. The van der Waals surface area contributed by atoms with Gasteiger partial charge in [0.05, 0.1) is 6.42 Å². The van der Waals surface area contributed by atoms with E-state index in [-0.39, 0.29) is 13.2 Å². The van der Waals surface area contributed by atoms with Crippen LogP contribution in [-0.2, 0) is 11.2 Å². The van der Waals surface area contributed by atoms with E-state index in [9.17, 15) is 4.79 Å². The molecule has 0 amide bonds. The lowest BCUT2D eigenvalue weighted by Crippen LogP contribution is -2.11. The number of esters is 1. The van der Waals surface area contributed by atoms with Crippen LogP contribution in [0.5, 0.6) is 17.2 Å². The van der Waals surface area contributed by atoms with E-state index >= 15 is 0 Å². The van der Waals surface area contributed by atoms with E-state index in [1.165, 1.54) is 0 Å². The molecule has 0 bridgehead atoms. The summed E-state index contributed by atoms with van der Waals surface area (Å²) in [5, 5.41) is 0.957. The number of ether oxygens (including phenoxy) is 3. The smallest absolute Gasteiger partial charge is 0.315 e. The van der Waals surface area contributed by atoms with Crippen molar-refractivity contribution in [3.05, 3.63) is 52.0 Å². The lowest BCUT2D eigenvalue weighted by molar-refractivity contribution is -0.133. The van der Waals surface area contributed by atoms with Crippen LogP contribution in [0.25, 0.3) is 0 Å². The summed E-state index contributed by atoms with van der Waals surface area (Å²) in [6.45, 7) is 0.174. The summed E-state index contributed by atoms with van der Waals surface area (Å²) in [7, 11) is 0. The highest BCUT2D eigenvalue weighted by molar-refractivity contribution is 6.35. The van der Waals surface area contributed by atoms with Crippen LogP contribution in [0.15, 0.2) is 36.4 Å². The molecule has 0 fully saturated rings. The van der Waals surface area contributed by atoms with Gasteiger partial charge >= 0.3 is 5.97 Å². The molecule has 1 aliphatic heterocycles. The van der Waals surface area contributed by atoms with Gasteiger partial charge in [-0.1, -0.05) is 29.3 Å². The van der Waals surface area contributed by atoms with Gasteiger partial charge in [0.25, 0.3) is 0 Å². The lowest BCUT2D eigenvalue weighted by atomic mass is 10.1. The number of halogens is 2. The van der Waals surface area contributed by atoms with Crippen LogP contribution in [-0.4, -0.2) is 12.8 Å². The minimum Gasteiger partial charge on any atom is -0.454 e. The molecular formula is C15H10Cl2O4. The molecule has 6 heteroatoms. The Bertz CT molecular complexity index is 700. The van der Waals surface area contributed by atoms with Crippen molar-refractivity contribution >= 4 is 29.2 Å². The normalized spacial score (nSPS) is 12.3. The monoisotopic (exact) mass is 324 g/mol. The molecule has 0 spiro atoms. The molecular weight excluding hydrogens is 315 g/mol. The number of hydrogen-bond donors (Lipinski definition) is 0. The molecule has 0 radical (unpaired) electrons. The third-order valence-corrected chi connectivity index (χ3v) is 3.51. The number of carbonyl (C=O) groups is 1. The van der Waals surface area contributed by atoms with Crippen molar-refractivity contribution < 1.29 is 19.0 Å². The van der Waals surface area contributed by atoms with Crippen LogP contribution in [0, 0.1) is 0 Å². The summed E-state index contributed by atoms with van der Waals surface area (Å²) in [6.07, 6.45) is 0.0600. The fraction of sp³-hybridized carbons (Fsp3) is 0.133. The lowest BCUT2D eigenvalue weighted by Gasteiger charge is -2.07. The minimum atomic E-state index is -0.418. The number of rotatable bonds is 3. The van der Waals surface area contributed by atoms with Crippen molar-refractivity contribution in [3.63, 3.8) is 0 Å². The topological polar surface area (TPSA) is 44.8 Å². The average molecular weight is 325 g/mol. The highest BCUT2D eigenvalue weighted by atomic mass is 35.5. The molecule has 1 aliphatic rings. The first kappa shape index (κ1) is 14.0. The van der Waals surface area contributed by atoms with Crippen LogP contribution in [0.3, 0.4) is 0 Å². The van der Waals surface area contributed by atoms with Gasteiger partial charge in [0.2, 0.25) is 6.79 Å². The Hall–Kier alpha value is -1.91. The molecule has 2 aromatic rings. The summed E-state index contributed by atoms with van der Waals surface area (Å²) in [5.41, 5.74) is 0.659. The van der Waals surface area contributed by atoms with E-state index in [2.05, 4.69) is 0 Å². The first-order valence-corrected chi connectivity index (χ1v) is 6.92. The molecule has 0 saturated heterocycles. The van der Waals surface area contributed by atoms with Crippen molar-refractivity contribution in [2.75, 3.05) is 6.79 Å². The Labute approximate surface area is 131 Å². The summed E-state index contributed by atoms with van der Waals surface area (Å²) in [5.74, 6) is 1.17. The van der Waals surface area contributed by atoms with Crippen LogP contribution in [0.4, 0.5) is 0 Å². The molecule has 0 aliphatic carbocycles. The summed E-state index contributed by atoms with van der Waals surface area (Å²) in [4.78, 5) is 11.9. The van der Waals surface area contributed by atoms with E-state index in [0.717, 1.165) is 0 Å². The maximum Gasteiger partial charge on any atom is 0.315 e. The molecule has 108 valence electrons. The third kappa shape index (κ3) is 3.23. The van der Waals surface area contributed by atoms with Crippen LogP contribution in [0.1, 0.15) is 5.56 Å². The van der Waals surface area contributed by atoms with Gasteiger partial charge < -0.3 is 14.2 Å². The van der Waals surface area contributed by atoms with Crippen LogP contribution >= 0.6 is 23.2 Å². The van der Waals surface area contributed by atoms with Gasteiger partial charge in [-0.05, 0) is 29.8 Å². The van der Waals surface area contributed by atoms with Crippen molar-refractivity contribution in [3.8, 4) is 17.2 Å². The van der Waals surface area contributed by atoms with Crippen molar-refractivity contribution in [1.29, 1.82) is 0 Å². The van der Waals surface area contributed by atoms with Crippen LogP contribution < -0.4 is 14.2 Å². The van der Waals surface area contributed by atoms with Gasteiger partial charge in [-0.2, -0.15) is 0 Å². The molecule has 0 aromatic heterocycles. The second-order valence-corrected chi connectivity index (χ2v) is 5.25. The third-order valence-electron chi connectivity index (χ3n) is 2.93. The first-order valence-electron chi connectivity index (χ1n) is 6.16. The number of fused-ring (bicyclic) bond motifs is 1. The zero-order valence-electron chi connectivity index (χ0n) is 10.8. The fourth-order valence-corrected chi connectivity index (χ4v) is 2.40. The van der Waals surface area contributed by atoms with E-state index in [4.69, 9.17) is 37.4 Å². The Balaban J connectivity index is 1.69. The Morgan fingerprint density at radius 3 is 2.71 bits per heavy atom. The minimum absolute atomic E-state index is 0.0600. The largest absolute Gasteiger partial charge is 0.454 e. The highest BCUT2D eigenvalue weighted by Crippen LogP contribution is 2.35. The Morgan fingerprint density at radius 1 is 1.10 bits per heavy atom. The second kappa shape index (κ2) is 5.84. The highest BCUT2D eigenvalue weighted by Gasteiger charge is 2.16. The number of carbonyl (C=O) groups excluding carboxylic acids is 1. The molecule has 0 unspecified atom stereocenters. The van der Waals surface area contributed by atoms with Crippen molar-refractivity contribution in [2.45, 2.75) is 6.42 Å². The van der Waals surface area contributed by atoms with Gasteiger partial charge in [-0.15, -0.1) is 0 Å². The first-order chi connectivity index (χ1) is 10.1. The van der Waals surface area contributed by atoms with E-state index < -0.39 is 5.97 Å². The fourth-order valence-electron chi connectivity index (χ4n) is 1.93. The zero-order chi connectivity index (χ0) is 14.8. The number of hydrogen-bond acceptors (Lipinski definition) is 4. The summed E-state index contributed by atoms with van der Waals surface area (Å²) < 4.78 is 15.7. The Kier molecular flexibility index (Phi) is 3.90. The summed E-state index contributed by atoms with van der Waals surface area (Å²) >= 11 is 11.8. The molecule has 0 N–H and O–H groups in total. The van der Waals surface area contributed by atoms with Gasteiger partial charge in [-0.3, -0.25) is 4.79 Å². The van der Waals surface area contributed by atoms with Crippen molar-refractivity contribution in [1.82, 2.24) is 0 Å². The predicted octanol–water partition coefficient (Wildman–Crippen LogP) is 3.87. The average Bonchev–Trinajstić information content (AvgIpc) is 2.89. The van der Waals surface area contributed by atoms with Crippen molar-refractivity contribution in [2.24, 2.45) is 0 Å². The maximum absolute atomic E-state index is 11.9. The quantitative estimate of drug-likeness (QED) is 0.635. The predicted molar refractivity (Wildman–Crippen MR) is 78.4 cm³/mol. The SMILES string of the molecule is O=C(Cc1ccc(Cl)cc1Cl)Oc1ccc2c(c1)OCO2. The Morgan fingerprint density at radius 2 is 1.90 bits per heavy atom. The molecule has 21 heavy (non-hydrogen) atoms. The van der Waals surface area contributed by atoms with Gasteiger partial charge in [-0.25, -0.2) is 0 Å². The van der Waals surface area contributed by atoms with Gasteiger partial charge in [0.1, 0.15) is 5.75 Å². The van der Waals surface area contributed by atoms with E-state index in [1.54, 1.807) is 36.4 Å². The van der Waals surface area contributed by atoms with Gasteiger partial charge in [0, 0.05) is 16.1 Å². The van der Waals surface area contributed by atoms with E-state index in [1.807, 2.05) is 0 Å². The zero-order valence-corrected chi connectivity index (χ0v) is 12.3. The molecule has 3 rings (SSSR count). The number of benzene rings is 2. The molecule has 0 saturated carbocycles. The van der Waals surface area contributed by atoms with Crippen LogP contribution in [0.2, 0.25) is 10.0 Å². The summed E-state index contributed by atoms with van der Waals surface area (Å²) in [6, 6.07) is 9.92. The van der Waals surface area contributed by atoms with Gasteiger partial charge in [0.15, 0.2) is 11.5 Å². The molecule has 2 aromatic carbocycles. The maximum atomic E-state index is 11.9.